The van der Waals surface area contributed by atoms with Gasteiger partial charge in [-0.15, -0.1) is 0 Å². The molecule has 0 atom stereocenters. The van der Waals surface area contributed by atoms with E-state index < -0.39 is 0 Å². The third kappa shape index (κ3) is 4.95. The fourth-order valence-electron chi connectivity index (χ4n) is 2.25. The number of aryl methyl sites for hydroxylation is 1. The molecule has 3 heteroatoms. The number of urea groups is 1. The van der Waals surface area contributed by atoms with Crippen LogP contribution in [0.4, 0.5) is 10.5 Å². The Labute approximate surface area is 126 Å². The van der Waals surface area contributed by atoms with Crippen LogP contribution in [0.2, 0.25) is 0 Å². The standard InChI is InChI=1S/C18H22N2O/c1-14-9-11-15(12-10-14)13-18(2,3)20-17(21)19-16-7-5-4-6-8-16/h4-12H,13H2,1-3H3,(H2,19,20,21). The van der Waals surface area contributed by atoms with Crippen molar-refractivity contribution in [2.24, 2.45) is 0 Å². The molecule has 110 valence electrons. The Kier molecular flexibility index (Phi) is 4.63. The summed E-state index contributed by atoms with van der Waals surface area (Å²) in [4.78, 5) is 12.1. The number of hydrogen-bond acceptors (Lipinski definition) is 1. The Balaban J connectivity index is 1.93. The maximum Gasteiger partial charge on any atom is 0.319 e. The molecule has 0 saturated carbocycles. The van der Waals surface area contributed by atoms with Crippen molar-refractivity contribution in [3.05, 3.63) is 65.7 Å². The lowest BCUT2D eigenvalue weighted by Gasteiger charge is -2.26. The highest BCUT2D eigenvalue weighted by atomic mass is 16.2. The summed E-state index contributed by atoms with van der Waals surface area (Å²) in [5.41, 5.74) is 2.94. The van der Waals surface area contributed by atoms with E-state index in [0.29, 0.717) is 0 Å². The van der Waals surface area contributed by atoms with Crippen LogP contribution in [0.25, 0.3) is 0 Å². The smallest absolute Gasteiger partial charge is 0.319 e. The van der Waals surface area contributed by atoms with Crippen LogP contribution in [0.5, 0.6) is 0 Å². The van der Waals surface area contributed by atoms with E-state index in [1.807, 2.05) is 44.2 Å². The Morgan fingerprint density at radius 1 is 1.00 bits per heavy atom. The van der Waals surface area contributed by atoms with Gasteiger partial charge in [0.15, 0.2) is 0 Å². The maximum atomic E-state index is 12.1. The molecule has 0 spiro atoms. The molecule has 0 heterocycles. The van der Waals surface area contributed by atoms with Crippen molar-refractivity contribution in [2.75, 3.05) is 5.32 Å². The second-order valence-electron chi connectivity index (χ2n) is 5.99. The number of carbonyl (C=O) groups is 1. The molecule has 0 aliphatic carbocycles. The molecule has 0 aliphatic rings. The zero-order valence-electron chi connectivity index (χ0n) is 12.8. The summed E-state index contributed by atoms with van der Waals surface area (Å²) in [6.07, 6.45) is 0.787. The van der Waals surface area contributed by atoms with Crippen molar-refractivity contribution in [2.45, 2.75) is 32.7 Å². The van der Waals surface area contributed by atoms with Gasteiger partial charge in [-0.1, -0.05) is 48.0 Å². The molecule has 0 unspecified atom stereocenters. The summed E-state index contributed by atoms with van der Waals surface area (Å²) in [5.74, 6) is 0. The van der Waals surface area contributed by atoms with Crippen molar-refractivity contribution in [3.8, 4) is 0 Å². The van der Waals surface area contributed by atoms with E-state index in [1.54, 1.807) is 0 Å². The van der Waals surface area contributed by atoms with Gasteiger partial charge in [-0.3, -0.25) is 0 Å². The molecule has 2 aromatic rings. The molecular weight excluding hydrogens is 260 g/mol. The summed E-state index contributed by atoms with van der Waals surface area (Å²) in [5, 5.41) is 5.86. The lowest BCUT2D eigenvalue weighted by molar-refractivity contribution is 0.241. The van der Waals surface area contributed by atoms with Crippen LogP contribution in [-0.4, -0.2) is 11.6 Å². The molecule has 2 amide bonds. The minimum absolute atomic E-state index is 0.182. The molecule has 0 aromatic heterocycles. The molecule has 3 nitrogen and oxygen atoms in total. The Morgan fingerprint density at radius 3 is 2.24 bits per heavy atom. The van der Waals surface area contributed by atoms with Crippen LogP contribution in [-0.2, 0) is 6.42 Å². The molecule has 2 aromatic carbocycles. The van der Waals surface area contributed by atoms with Gasteiger partial charge in [-0.25, -0.2) is 4.79 Å². The third-order valence-corrected chi connectivity index (χ3v) is 3.25. The lowest BCUT2D eigenvalue weighted by Crippen LogP contribution is -2.47. The first kappa shape index (κ1) is 15.1. The summed E-state index contributed by atoms with van der Waals surface area (Å²) in [7, 11) is 0. The Morgan fingerprint density at radius 2 is 1.62 bits per heavy atom. The van der Waals surface area contributed by atoms with Gasteiger partial charge in [-0.05, 0) is 44.9 Å². The van der Waals surface area contributed by atoms with E-state index in [9.17, 15) is 4.79 Å². The number of para-hydroxylation sites is 1. The van der Waals surface area contributed by atoms with Crippen molar-refractivity contribution >= 4 is 11.7 Å². The monoisotopic (exact) mass is 282 g/mol. The minimum Gasteiger partial charge on any atom is -0.333 e. The first-order chi connectivity index (χ1) is 9.94. The molecule has 2 N–H and O–H groups in total. The maximum absolute atomic E-state index is 12.1. The highest BCUT2D eigenvalue weighted by Gasteiger charge is 2.20. The largest absolute Gasteiger partial charge is 0.333 e. The molecular formula is C18H22N2O. The highest BCUT2D eigenvalue weighted by molar-refractivity contribution is 5.89. The topological polar surface area (TPSA) is 41.1 Å². The predicted octanol–water partition coefficient (Wildman–Crippen LogP) is 4.14. The zero-order valence-corrected chi connectivity index (χ0v) is 12.8. The van der Waals surface area contributed by atoms with Gasteiger partial charge >= 0.3 is 6.03 Å². The molecule has 0 saturated heterocycles. The number of carbonyl (C=O) groups excluding carboxylic acids is 1. The summed E-state index contributed by atoms with van der Waals surface area (Å²) >= 11 is 0. The normalized spacial score (nSPS) is 11.0. The fraction of sp³-hybridized carbons (Fsp3) is 0.278. The van der Waals surface area contributed by atoms with Crippen LogP contribution in [0.3, 0.4) is 0 Å². The number of nitrogens with one attached hydrogen (secondary N) is 2. The highest BCUT2D eigenvalue weighted by Crippen LogP contribution is 2.14. The summed E-state index contributed by atoms with van der Waals surface area (Å²) in [6.45, 7) is 6.12. The van der Waals surface area contributed by atoms with Gasteiger partial charge in [-0.2, -0.15) is 0 Å². The van der Waals surface area contributed by atoms with Crippen molar-refractivity contribution < 1.29 is 4.79 Å². The van der Waals surface area contributed by atoms with Crippen molar-refractivity contribution in [3.63, 3.8) is 0 Å². The van der Waals surface area contributed by atoms with Crippen LogP contribution >= 0.6 is 0 Å². The van der Waals surface area contributed by atoms with Gasteiger partial charge in [0.25, 0.3) is 0 Å². The van der Waals surface area contributed by atoms with Gasteiger partial charge in [0, 0.05) is 11.2 Å². The lowest BCUT2D eigenvalue weighted by atomic mass is 9.94. The number of hydrogen-bond donors (Lipinski definition) is 2. The molecule has 0 radical (unpaired) electrons. The second-order valence-corrected chi connectivity index (χ2v) is 5.99. The summed E-state index contributed by atoms with van der Waals surface area (Å²) in [6, 6.07) is 17.7. The number of benzene rings is 2. The number of anilines is 1. The zero-order chi connectivity index (χ0) is 15.3. The van der Waals surface area contributed by atoms with E-state index >= 15 is 0 Å². The molecule has 2 rings (SSSR count). The first-order valence-corrected chi connectivity index (χ1v) is 7.14. The van der Waals surface area contributed by atoms with Crippen LogP contribution in [0, 0.1) is 6.92 Å². The van der Waals surface area contributed by atoms with E-state index in [4.69, 9.17) is 0 Å². The average molecular weight is 282 g/mol. The predicted molar refractivity (Wildman–Crippen MR) is 87.6 cm³/mol. The molecule has 0 fully saturated rings. The Bertz CT molecular complexity index is 588. The Hall–Kier alpha value is -2.29. The van der Waals surface area contributed by atoms with E-state index in [0.717, 1.165) is 12.1 Å². The SMILES string of the molecule is Cc1ccc(CC(C)(C)NC(=O)Nc2ccccc2)cc1. The first-order valence-electron chi connectivity index (χ1n) is 7.14. The van der Waals surface area contributed by atoms with E-state index in [1.165, 1.54) is 11.1 Å². The fourth-order valence-corrected chi connectivity index (χ4v) is 2.25. The van der Waals surface area contributed by atoms with Crippen LogP contribution in [0.15, 0.2) is 54.6 Å². The minimum atomic E-state index is -0.311. The van der Waals surface area contributed by atoms with Crippen molar-refractivity contribution in [1.29, 1.82) is 0 Å². The van der Waals surface area contributed by atoms with Crippen LogP contribution in [0.1, 0.15) is 25.0 Å². The number of rotatable bonds is 4. The van der Waals surface area contributed by atoms with Crippen LogP contribution < -0.4 is 10.6 Å². The average Bonchev–Trinajstić information content (AvgIpc) is 2.41. The quantitative estimate of drug-likeness (QED) is 0.869. The van der Waals surface area contributed by atoms with E-state index in [2.05, 4.69) is 41.8 Å². The molecule has 0 aliphatic heterocycles. The third-order valence-electron chi connectivity index (χ3n) is 3.25. The van der Waals surface area contributed by atoms with Crippen molar-refractivity contribution in [1.82, 2.24) is 5.32 Å². The summed E-state index contributed by atoms with van der Waals surface area (Å²) < 4.78 is 0. The molecule has 21 heavy (non-hydrogen) atoms. The molecule has 0 bridgehead atoms. The van der Waals surface area contributed by atoms with E-state index in [-0.39, 0.29) is 11.6 Å². The second kappa shape index (κ2) is 6.44. The number of amides is 2. The van der Waals surface area contributed by atoms with Gasteiger partial charge < -0.3 is 10.6 Å². The van der Waals surface area contributed by atoms with Gasteiger partial charge in [0.2, 0.25) is 0 Å². The van der Waals surface area contributed by atoms with Gasteiger partial charge in [0.1, 0.15) is 0 Å². The van der Waals surface area contributed by atoms with Gasteiger partial charge in [0.05, 0.1) is 0 Å².